The van der Waals surface area contributed by atoms with Crippen LogP contribution in [0.2, 0.25) is 0 Å². The number of hydrazine groups is 1. The number of nitrogens with one attached hydrogen (secondary N) is 2. The minimum atomic E-state index is -0.189. The van der Waals surface area contributed by atoms with Gasteiger partial charge >= 0.3 is 6.03 Å². The molecule has 0 saturated heterocycles. The van der Waals surface area contributed by atoms with Gasteiger partial charge in [0.2, 0.25) is 0 Å². The monoisotopic (exact) mass is 235 g/mol. The SMILES string of the molecule is CCN(CC)NC(=O)Nc1c(C)cccc1C. The Morgan fingerprint density at radius 2 is 1.71 bits per heavy atom. The fourth-order valence-corrected chi connectivity index (χ4v) is 1.68. The van der Waals surface area contributed by atoms with Crippen molar-refractivity contribution < 1.29 is 4.79 Å². The van der Waals surface area contributed by atoms with E-state index in [1.807, 2.05) is 50.9 Å². The Bertz CT molecular complexity index is 366. The second-order valence-corrected chi connectivity index (χ2v) is 4.01. The highest BCUT2D eigenvalue weighted by Gasteiger charge is 2.08. The number of aryl methyl sites for hydroxylation is 2. The van der Waals surface area contributed by atoms with E-state index in [9.17, 15) is 4.79 Å². The van der Waals surface area contributed by atoms with E-state index < -0.39 is 0 Å². The zero-order valence-corrected chi connectivity index (χ0v) is 11.0. The summed E-state index contributed by atoms with van der Waals surface area (Å²) >= 11 is 0. The fraction of sp³-hybridized carbons (Fsp3) is 0.462. The molecular formula is C13H21N3O. The first-order chi connectivity index (χ1) is 8.08. The average Bonchev–Trinajstić information content (AvgIpc) is 2.31. The van der Waals surface area contributed by atoms with Crippen LogP contribution >= 0.6 is 0 Å². The molecule has 0 aliphatic heterocycles. The van der Waals surface area contributed by atoms with Crippen LogP contribution in [-0.2, 0) is 0 Å². The van der Waals surface area contributed by atoms with E-state index in [2.05, 4.69) is 10.7 Å². The summed E-state index contributed by atoms with van der Waals surface area (Å²) in [4.78, 5) is 11.8. The summed E-state index contributed by atoms with van der Waals surface area (Å²) in [6.07, 6.45) is 0. The molecule has 17 heavy (non-hydrogen) atoms. The predicted molar refractivity (Wildman–Crippen MR) is 71.0 cm³/mol. The topological polar surface area (TPSA) is 44.4 Å². The number of urea groups is 1. The van der Waals surface area contributed by atoms with E-state index in [-0.39, 0.29) is 6.03 Å². The number of benzene rings is 1. The van der Waals surface area contributed by atoms with E-state index >= 15 is 0 Å². The maximum Gasteiger partial charge on any atom is 0.333 e. The lowest BCUT2D eigenvalue weighted by Crippen LogP contribution is -2.44. The van der Waals surface area contributed by atoms with Crippen LogP contribution in [0.3, 0.4) is 0 Å². The molecule has 0 unspecified atom stereocenters. The summed E-state index contributed by atoms with van der Waals surface area (Å²) in [6, 6.07) is 5.77. The van der Waals surface area contributed by atoms with Gasteiger partial charge < -0.3 is 5.32 Å². The highest BCUT2D eigenvalue weighted by molar-refractivity contribution is 5.90. The van der Waals surface area contributed by atoms with E-state index in [0.29, 0.717) is 0 Å². The van der Waals surface area contributed by atoms with Gasteiger partial charge in [-0.2, -0.15) is 0 Å². The molecule has 0 aliphatic carbocycles. The molecule has 1 aromatic rings. The fourth-order valence-electron chi connectivity index (χ4n) is 1.68. The first-order valence-electron chi connectivity index (χ1n) is 5.97. The summed E-state index contributed by atoms with van der Waals surface area (Å²) < 4.78 is 0. The number of anilines is 1. The van der Waals surface area contributed by atoms with Gasteiger partial charge in [-0.3, -0.25) is 5.43 Å². The third kappa shape index (κ3) is 3.75. The Morgan fingerprint density at radius 3 is 2.18 bits per heavy atom. The highest BCUT2D eigenvalue weighted by Crippen LogP contribution is 2.18. The number of nitrogens with zero attached hydrogens (tertiary/aromatic N) is 1. The van der Waals surface area contributed by atoms with E-state index in [1.54, 1.807) is 0 Å². The zero-order chi connectivity index (χ0) is 12.8. The minimum absolute atomic E-state index is 0.189. The van der Waals surface area contributed by atoms with Gasteiger partial charge in [0, 0.05) is 18.8 Å². The van der Waals surface area contributed by atoms with Gasteiger partial charge in [-0.1, -0.05) is 32.0 Å². The van der Waals surface area contributed by atoms with E-state index in [0.717, 1.165) is 29.9 Å². The maximum absolute atomic E-state index is 11.8. The highest BCUT2D eigenvalue weighted by atomic mass is 16.2. The lowest BCUT2D eigenvalue weighted by Gasteiger charge is -2.20. The molecule has 4 nitrogen and oxygen atoms in total. The molecule has 0 heterocycles. The van der Waals surface area contributed by atoms with Crippen LogP contribution in [0, 0.1) is 13.8 Å². The van der Waals surface area contributed by atoms with Crippen LogP contribution in [0.4, 0.5) is 10.5 Å². The first-order valence-corrected chi connectivity index (χ1v) is 5.97. The lowest BCUT2D eigenvalue weighted by atomic mass is 10.1. The van der Waals surface area contributed by atoms with Crippen molar-refractivity contribution in [1.29, 1.82) is 0 Å². The normalized spacial score (nSPS) is 10.4. The third-order valence-corrected chi connectivity index (χ3v) is 2.74. The smallest absolute Gasteiger partial charge is 0.306 e. The van der Waals surface area contributed by atoms with Crippen LogP contribution in [-0.4, -0.2) is 24.1 Å². The number of amides is 2. The number of hydrogen-bond acceptors (Lipinski definition) is 2. The molecule has 94 valence electrons. The molecule has 0 saturated carbocycles. The Morgan fingerprint density at radius 1 is 1.18 bits per heavy atom. The molecule has 0 fully saturated rings. The molecule has 0 aliphatic rings. The van der Waals surface area contributed by atoms with Gasteiger partial charge in [0.25, 0.3) is 0 Å². The molecular weight excluding hydrogens is 214 g/mol. The lowest BCUT2D eigenvalue weighted by molar-refractivity contribution is 0.197. The second kappa shape index (κ2) is 6.25. The third-order valence-electron chi connectivity index (χ3n) is 2.74. The van der Waals surface area contributed by atoms with Crippen molar-refractivity contribution >= 4 is 11.7 Å². The first kappa shape index (κ1) is 13.5. The molecule has 0 aromatic heterocycles. The van der Waals surface area contributed by atoms with Gasteiger partial charge in [0.1, 0.15) is 0 Å². The average molecular weight is 235 g/mol. The number of para-hydroxylation sites is 1. The van der Waals surface area contributed by atoms with Gasteiger partial charge in [-0.25, -0.2) is 9.80 Å². The van der Waals surface area contributed by atoms with Crippen molar-refractivity contribution in [3.05, 3.63) is 29.3 Å². The number of rotatable bonds is 4. The van der Waals surface area contributed by atoms with Crippen molar-refractivity contribution in [3.63, 3.8) is 0 Å². The number of carbonyl (C=O) groups excluding carboxylic acids is 1. The quantitative estimate of drug-likeness (QED) is 0.788. The van der Waals surface area contributed by atoms with Crippen molar-refractivity contribution in [2.45, 2.75) is 27.7 Å². The van der Waals surface area contributed by atoms with Crippen molar-refractivity contribution in [3.8, 4) is 0 Å². The van der Waals surface area contributed by atoms with Crippen molar-refractivity contribution in [1.82, 2.24) is 10.4 Å². The van der Waals surface area contributed by atoms with E-state index in [1.165, 1.54) is 0 Å². The molecule has 0 atom stereocenters. The molecule has 0 spiro atoms. The van der Waals surface area contributed by atoms with Crippen LogP contribution in [0.5, 0.6) is 0 Å². The van der Waals surface area contributed by atoms with Crippen molar-refractivity contribution in [2.75, 3.05) is 18.4 Å². The standard InChI is InChI=1S/C13H21N3O/c1-5-16(6-2)15-13(17)14-12-10(3)8-7-9-11(12)4/h7-9H,5-6H2,1-4H3,(H2,14,15,17). The van der Waals surface area contributed by atoms with Gasteiger partial charge in [0.05, 0.1) is 0 Å². The number of carbonyl (C=O) groups is 1. The van der Waals surface area contributed by atoms with E-state index in [4.69, 9.17) is 0 Å². The van der Waals surface area contributed by atoms with Crippen LogP contribution in [0.15, 0.2) is 18.2 Å². The molecule has 2 amide bonds. The summed E-state index contributed by atoms with van der Waals surface area (Å²) in [6.45, 7) is 9.55. The molecule has 1 aromatic carbocycles. The second-order valence-electron chi connectivity index (χ2n) is 4.01. The summed E-state index contributed by atoms with van der Waals surface area (Å²) in [5.41, 5.74) is 5.83. The summed E-state index contributed by atoms with van der Waals surface area (Å²) in [5.74, 6) is 0. The molecule has 0 radical (unpaired) electrons. The van der Waals surface area contributed by atoms with Gasteiger partial charge in [0.15, 0.2) is 0 Å². The van der Waals surface area contributed by atoms with Crippen LogP contribution < -0.4 is 10.7 Å². The van der Waals surface area contributed by atoms with Crippen molar-refractivity contribution in [2.24, 2.45) is 0 Å². The molecule has 0 bridgehead atoms. The van der Waals surface area contributed by atoms with Crippen LogP contribution in [0.25, 0.3) is 0 Å². The maximum atomic E-state index is 11.8. The largest absolute Gasteiger partial charge is 0.333 e. The molecule has 2 N–H and O–H groups in total. The summed E-state index contributed by atoms with van der Waals surface area (Å²) in [5, 5.41) is 4.74. The molecule has 4 heteroatoms. The Hall–Kier alpha value is -1.55. The zero-order valence-electron chi connectivity index (χ0n) is 11.0. The predicted octanol–water partition coefficient (Wildman–Crippen LogP) is 2.68. The van der Waals surface area contributed by atoms with Gasteiger partial charge in [-0.15, -0.1) is 0 Å². The summed E-state index contributed by atoms with van der Waals surface area (Å²) in [7, 11) is 0. The number of hydrogen-bond donors (Lipinski definition) is 2. The molecule has 1 rings (SSSR count). The Kier molecular flexibility index (Phi) is 4.97. The Labute approximate surface area is 103 Å². The van der Waals surface area contributed by atoms with Crippen LogP contribution in [0.1, 0.15) is 25.0 Å². The van der Waals surface area contributed by atoms with Gasteiger partial charge in [-0.05, 0) is 25.0 Å². The minimum Gasteiger partial charge on any atom is -0.306 e. The Balaban J connectivity index is 2.68.